The molecule has 4 aromatic carbocycles. The van der Waals surface area contributed by atoms with Gasteiger partial charge in [-0.05, 0) is 67.1 Å². The van der Waals surface area contributed by atoms with Crippen molar-refractivity contribution in [2.75, 3.05) is 16.4 Å². The van der Waals surface area contributed by atoms with Crippen molar-refractivity contribution >= 4 is 46.6 Å². The van der Waals surface area contributed by atoms with Crippen molar-refractivity contribution in [3.8, 4) is 6.07 Å². The van der Waals surface area contributed by atoms with E-state index in [2.05, 4.69) is 4.90 Å². The van der Waals surface area contributed by atoms with E-state index in [1.54, 1.807) is 37.3 Å². The van der Waals surface area contributed by atoms with Gasteiger partial charge in [-0.3, -0.25) is 9.59 Å². The van der Waals surface area contributed by atoms with E-state index in [1.807, 2.05) is 91.0 Å². The lowest BCUT2D eigenvalue weighted by molar-refractivity contribution is -0.139. The molecule has 7 heteroatoms. The number of carbonyl (C=O) groups excluding carboxylic acids is 3. The monoisotopic (exact) mass is 539 g/mol. The van der Waals surface area contributed by atoms with Gasteiger partial charge in [0.05, 0.1) is 23.4 Å². The second-order valence-corrected chi connectivity index (χ2v) is 9.02. The minimum atomic E-state index is -0.902. The zero-order chi connectivity index (χ0) is 28.8. The van der Waals surface area contributed by atoms with Crippen molar-refractivity contribution in [1.82, 2.24) is 0 Å². The molecule has 4 aromatic rings. The van der Waals surface area contributed by atoms with Gasteiger partial charge in [-0.1, -0.05) is 66.7 Å². The summed E-state index contributed by atoms with van der Waals surface area (Å²) < 4.78 is 5.15. The normalized spacial score (nSPS) is 14.1. The number of ether oxygens (including phenoxy) is 1. The van der Waals surface area contributed by atoms with Crippen LogP contribution in [0.2, 0.25) is 0 Å². The molecule has 0 radical (unpaired) electrons. The molecule has 0 saturated carbocycles. The second kappa shape index (κ2) is 12.0. The highest BCUT2D eigenvalue weighted by Gasteiger charge is 2.41. The summed E-state index contributed by atoms with van der Waals surface area (Å²) in [6.45, 7) is 1.63. The summed E-state index contributed by atoms with van der Waals surface area (Å²) in [6.07, 6.45) is 1.51. The summed E-state index contributed by atoms with van der Waals surface area (Å²) in [5.74, 6) is -2.50. The Morgan fingerprint density at radius 1 is 0.780 bits per heavy atom. The number of carbonyl (C=O) groups is 3. The van der Waals surface area contributed by atoms with E-state index < -0.39 is 23.4 Å². The first-order valence-electron chi connectivity index (χ1n) is 13.0. The summed E-state index contributed by atoms with van der Waals surface area (Å²) in [6, 6.07) is 37.4. The van der Waals surface area contributed by atoms with Crippen LogP contribution in [0.15, 0.2) is 132 Å². The molecule has 0 aliphatic carbocycles. The standard InChI is InChI=1S/C34H25N3O4/c1-2-41-34(40)31-29(32(38)37(33(39)30(31)23-35)27-16-10-5-11-17-27)22-24-18-20-28(21-19-24)36(25-12-6-3-7-13-25)26-14-8-4-9-15-26/h3-22H,2H2,1H3/b29-22-. The molecule has 1 heterocycles. The highest BCUT2D eigenvalue weighted by atomic mass is 16.5. The molecule has 0 saturated heterocycles. The molecule has 0 N–H and O–H groups in total. The van der Waals surface area contributed by atoms with E-state index in [1.165, 1.54) is 6.08 Å². The summed E-state index contributed by atoms with van der Waals surface area (Å²) in [7, 11) is 0. The van der Waals surface area contributed by atoms with Crippen LogP contribution in [-0.4, -0.2) is 24.4 Å². The minimum absolute atomic E-state index is 0.0165. The fourth-order valence-corrected chi connectivity index (χ4v) is 4.63. The predicted molar refractivity (Wildman–Crippen MR) is 157 cm³/mol. The van der Waals surface area contributed by atoms with Crippen LogP contribution in [0.25, 0.3) is 6.08 Å². The van der Waals surface area contributed by atoms with Crippen molar-refractivity contribution in [3.05, 3.63) is 138 Å². The summed E-state index contributed by atoms with van der Waals surface area (Å²) in [4.78, 5) is 43.0. The lowest BCUT2D eigenvalue weighted by Gasteiger charge is -2.28. The zero-order valence-corrected chi connectivity index (χ0v) is 22.2. The number of hydrogen-bond acceptors (Lipinski definition) is 6. The van der Waals surface area contributed by atoms with Gasteiger partial charge in [0.25, 0.3) is 11.8 Å². The predicted octanol–water partition coefficient (Wildman–Crippen LogP) is 6.50. The van der Waals surface area contributed by atoms with Crippen LogP contribution in [0.5, 0.6) is 0 Å². The number of nitriles is 1. The van der Waals surface area contributed by atoms with Crippen molar-refractivity contribution in [2.24, 2.45) is 0 Å². The Morgan fingerprint density at radius 3 is 1.80 bits per heavy atom. The van der Waals surface area contributed by atoms with Gasteiger partial charge in [0.2, 0.25) is 0 Å². The van der Waals surface area contributed by atoms with E-state index in [0.29, 0.717) is 11.3 Å². The third-order valence-corrected chi connectivity index (χ3v) is 6.47. The van der Waals surface area contributed by atoms with Crippen molar-refractivity contribution < 1.29 is 19.1 Å². The highest BCUT2D eigenvalue weighted by Crippen LogP contribution is 2.35. The Labute approximate surface area is 237 Å². The Hall–Kier alpha value is -5.74. The van der Waals surface area contributed by atoms with Crippen LogP contribution in [-0.2, 0) is 19.1 Å². The van der Waals surface area contributed by atoms with Crippen LogP contribution in [0, 0.1) is 11.3 Å². The minimum Gasteiger partial charge on any atom is -0.462 e. The molecule has 2 amide bonds. The highest BCUT2D eigenvalue weighted by molar-refractivity contribution is 6.36. The first-order valence-corrected chi connectivity index (χ1v) is 13.0. The first kappa shape index (κ1) is 26.9. The Morgan fingerprint density at radius 2 is 1.29 bits per heavy atom. The molecule has 0 atom stereocenters. The number of nitrogens with zero attached hydrogens (tertiary/aromatic N) is 3. The number of rotatable bonds is 7. The molecule has 41 heavy (non-hydrogen) atoms. The maximum atomic E-state index is 13.7. The van der Waals surface area contributed by atoms with E-state index >= 15 is 0 Å². The van der Waals surface area contributed by atoms with Crippen LogP contribution < -0.4 is 9.80 Å². The molecule has 200 valence electrons. The van der Waals surface area contributed by atoms with Crippen LogP contribution in [0.1, 0.15) is 12.5 Å². The van der Waals surface area contributed by atoms with Gasteiger partial charge in [-0.25, -0.2) is 9.69 Å². The summed E-state index contributed by atoms with van der Waals surface area (Å²) >= 11 is 0. The molecular weight excluding hydrogens is 514 g/mol. The number of esters is 1. The van der Waals surface area contributed by atoms with Gasteiger partial charge in [0, 0.05) is 17.1 Å². The van der Waals surface area contributed by atoms with E-state index in [4.69, 9.17) is 4.74 Å². The third kappa shape index (κ3) is 5.40. The maximum absolute atomic E-state index is 13.7. The molecule has 0 unspecified atom stereocenters. The Kier molecular flexibility index (Phi) is 7.84. The van der Waals surface area contributed by atoms with Gasteiger partial charge < -0.3 is 9.64 Å². The van der Waals surface area contributed by atoms with Crippen LogP contribution >= 0.6 is 0 Å². The smallest absolute Gasteiger partial charge is 0.340 e. The first-order chi connectivity index (χ1) is 20.0. The molecule has 5 rings (SSSR count). The number of amides is 2. The molecule has 7 nitrogen and oxygen atoms in total. The average molecular weight is 540 g/mol. The maximum Gasteiger partial charge on any atom is 0.340 e. The number of anilines is 4. The number of imide groups is 1. The zero-order valence-electron chi connectivity index (χ0n) is 22.2. The fraction of sp³-hybridized carbons (Fsp3) is 0.0588. The van der Waals surface area contributed by atoms with Crippen molar-refractivity contribution in [3.63, 3.8) is 0 Å². The van der Waals surface area contributed by atoms with E-state index in [9.17, 15) is 19.6 Å². The van der Waals surface area contributed by atoms with Gasteiger partial charge >= 0.3 is 5.97 Å². The van der Waals surface area contributed by atoms with E-state index in [-0.39, 0.29) is 17.8 Å². The molecule has 0 aromatic heterocycles. The summed E-state index contributed by atoms with van der Waals surface area (Å²) in [5, 5.41) is 9.89. The van der Waals surface area contributed by atoms with Gasteiger partial charge in [0.15, 0.2) is 0 Å². The van der Waals surface area contributed by atoms with Crippen LogP contribution in [0.4, 0.5) is 22.7 Å². The lowest BCUT2D eigenvalue weighted by Crippen LogP contribution is -2.44. The van der Waals surface area contributed by atoms with E-state index in [0.717, 1.165) is 22.0 Å². The second-order valence-electron chi connectivity index (χ2n) is 9.02. The fourth-order valence-electron chi connectivity index (χ4n) is 4.63. The van der Waals surface area contributed by atoms with Gasteiger partial charge in [-0.15, -0.1) is 0 Å². The van der Waals surface area contributed by atoms with Crippen LogP contribution in [0.3, 0.4) is 0 Å². The molecule has 1 aliphatic heterocycles. The number of para-hydroxylation sites is 3. The third-order valence-electron chi connectivity index (χ3n) is 6.47. The Balaban J connectivity index is 1.61. The van der Waals surface area contributed by atoms with Gasteiger partial charge in [-0.2, -0.15) is 5.26 Å². The number of hydrogen-bond donors (Lipinski definition) is 0. The lowest BCUT2D eigenvalue weighted by atomic mass is 9.92. The quantitative estimate of drug-likeness (QED) is 0.151. The summed E-state index contributed by atoms with van der Waals surface area (Å²) in [5.41, 5.74) is 2.81. The number of benzene rings is 4. The average Bonchev–Trinajstić information content (AvgIpc) is 3.01. The topological polar surface area (TPSA) is 90.7 Å². The molecular formula is C34H25N3O4. The van der Waals surface area contributed by atoms with Crippen molar-refractivity contribution in [2.45, 2.75) is 6.92 Å². The Bertz CT molecular complexity index is 1650. The molecule has 0 bridgehead atoms. The SMILES string of the molecule is CCOC(=O)C1=C(C#N)C(=O)N(c2ccccc2)C(=O)/C1=C\c1ccc(N(c2ccccc2)c2ccccc2)cc1. The molecule has 1 aliphatic rings. The molecule has 0 spiro atoms. The molecule has 0 fully saturated rings. The van der Waals surface area contributed by atoms with Crippen molar-refractivity contribution in [1.29, 1.82) is 5.26 Å². The van der Waals surface area contributed by atoms with Gasteiger partial charge in [0.1, 0.15) is 11.6 Å². The largest absolute Gasteiger partial charge is 0.462 e.